The highest BCUT2D eigenvalue weighted by atomic mass is 16.3. The first kappa shape index (κ1) is 15.9. The van der Waals surface area contributed by atoms with E-state index >= 15 is 0 Å². The number of phenols is 2. The first-order valence-corrected chi connectivity index (χ1v) is 6.53. The number of phenolic OH excluding ortho intramolecular Hbond substituents is 2. The van der Waals surface area contributed by atoms with Crippen LogP contribution in [0.15, 0.2) is 18.2 Å². The van der Waals surface area contributed by atoms with E-state index in [-0.39, 0.29) is 52.9 Å². The molecule has 0 bridgehead atoms. The lowest BCUT2D eigenvalue weighted by molar-refractivity contribution is 0.270. The molecule has 5 N–H and O–H groups in total. The number of allylic oxidation sites excluding steroid dienone is 1. The van der Waals surface area contributed by atoms with Crippen LogP contribution in [0, 0.1) is 22.7 Å². The lowest BCUT2D eigenvalue weighted by Crippen LogP contribution is -2.07. The summed E-state index contributed by atoms with van der Waals surface area (Å²) in [6.07, 6.45) is 1.22. The van der Waals surface area contributed by atoms with Gasteiger partial charge in [-0.05, 0) is 18.2 Å². The molecule has 0 aliphatic carbocycles. The third-order valence-corrected chi connectivity index (χ3v) is 3.14. The number of anilines is 1. The molecule has 0 fully saturated rings. The molecule has 0 saturated heterocycles. The van der Waals surface area contributed by atoms with Crippen LogP contribution in [-0.4, -0.2) is 31.7 Å². The number of hydrogen-bond donors (Lipinski definition) is 4. The van der Waals surface area contributed by atoms with Crippen LogP contribution in [0.25, 0.3) is 11.6 Å². The SMILES string of the molecule is N#C/C(=C\c1c(O)cccc1O)c1nn(CCO)c(N)c1C#N. The Hall–Kier alpha value is -3.49. The van der Waals surface area contributed by atoms with Crippen LogP contribution in [0.5, 0.6) is 11.5 Å². The quantitative estimate of drug-likeness (QED) is 0.609. The van der Waals surface area contributed by atoms with Crippen LogP contribution < -0.4 is 5.73 Å². The topological polar surface area (TPSA) is 152 Å². The summed E-state index contributed by atoms with van der Waals surface area (Å²) in [5, 5.41) is 51.2. The van der Waals surface area contributed by atoms with Gasteiger partial charge in [0, 0.05) is 0 Å². The fourth-order valence-electron chi connectivity index (χ4n) is 2.03. The molecule has 1 aromatic carbocycles. The number of hydrogen-bond acceptors (Lipinski definition) is 7. The largest absolute Gasteiger partial charge is 0.507 e. The zero-order valence-electron chi connectivity index (χ0n) is 11.9. The first-order chi connectivity index (χ1) is 11.0. The zero-order valence-corrected chi connectivity index (χ0v) is 11.9. The minimum Gasteiger partial charge on any atom is -0.507 e. The molecule has 0 atom stereocenters. The highest BCUT2D eigenvalue weighted by Gasteiger charge is 2.19. The van der Waals surface area contributed by atoms with Crippen molar-refractivity contribution < 1.29 is 15.3 Å². The smallest absolute Gasteiger partial charge is 0.140 e. The Morgan fingerprint density at radius 3 is 2.48 bits per heavy atom. The Morgan fingerprint density at radius 1 is 1.30 bits per heavy atom. The molecule has 1 heterocycles. The molecule has 1 aromatic heterocycles. The fourth-order valence-corrected chi connectivity index (χ4v) is 2.03. The van der Waals surface area contributed by atoms with E-state index in [0.717, 1.165) is 0 Å². The van der Waals surface area contributed by atoms with Crippen molar-refractivity contribution in [2.45, 2.75) is 6.54 Å². The van der Waals surface area contributed by atoms with Crippen molar-refractivity contribution in [2.24, 2.45) is 0 Å². The van der Waals surface area contributed by atoms with Gasteiger partial charge in [-0.1, -0.05) is 6.07 Å². The van der Waals surface area contributed by atoms with E-state index in [9.17, 15) is 20.7 Å². The van der Waals surface area contributed by atoms with E-state index in [2.05, 4.69) is 5.10 Å². The normalized spacial score (nSPS) is 11.0. The number of nitrogens with two attached hydrogens (primary N) is 1. The lowest BCUT2D eigenvalue weighted by atomic mass is 10.0. The maximum atomic E-state index is 9.79. The van der Waals surface area contributed by atoms with Crippen molar-refractivity contribution in [2.75, 3.05) is 12.3 Å². The van der Waals surface area contributed by atoms with Crippen molar-refractivity contribution >= 4 is 17.5 Å². The van der Waals surface area contributed by atoms with Gasteiger partial charge in [0.2, 0.25) is 0 Å². The second-order valence-electron chi connectivity index (χ2n) is 4.55. The monoisotopic (exact) mass is 311 g/mol. The van der Waals surface area contributed by atoms with Crippen molar-refractivity contribution in [1.82, 2.24) is 9.78 Å². The Balaban J connectivity index is 2.64. The molecule has 2 aromatic rings. The standard InChI is InChI=1S/C15H13N5O3/c16-7-9(6-10-12(22)2-1-3-13(10)23)14-11(8-17)15(18)20(19-14)4-5-21/h1-3,6,21-23H,4-5,18H2/b9-6+. The number of benzene rings is 1. The minimum absolute atomic E-state index is 0.0128. The van der Waals surface area contributed by atoms with E-state index < -0.39 is 0 Å². The molecule has 0 unspecified atom stereocenters. The van der Waals surface area contributed by atoms with Gasteiger partial charge in [-0.3, -0.25) is 0 Å². The highest BCUT2D eigenvalue weighted by Crippen LogP contribution is 2.32. The summed E-state index contributed by atoms with van der Waals surface area (Å²) in [6, 6.07) is 7.89. The number of nitriles is 2. The van der Waals surface area contributed by atoms with Gasteiger partial charge in [0.25, 0.3) is 0 Å². The van der Waals surface area contributed by atoms with Crippen molar-refractivity contribution in [1.29, 1.82) is 10.5 Å². The van der Waals surface area contributed by atoms with Crippen molar-refractivity contribution in [3.8, 4) is 23.6 Å². The molecular weight excluding hydrogens is 298 g/mol. The van der Waals surface area contributed by atoms with Crippen LogP contribution >= 0.6 is 0 Å². The summed E-state index contributed by atoms with van der Waals surface area (Å²) in [7, 11) is 0. The van der Waals surface area contributed by atoms with Crippen LogP contribution in [-0.2, 0) is 6.54 Å². The Bertz CT molecular complexity index is 835. The number of aliphatic hydroxyl groups excluding tert-OH is 1. The second-order valence-corrected chi connectivity index (χ2v) is 4.55. The van der Waals surface area contributed by atoms with Crippen molar-refractivity contribution in [3.05, 3.63) is 35.0 Å². The number of nitrogens with zero attached hydrogens (tertiary/aromatic N) is 4. The zero-order chi connectivity index (χ0) is 17.0. The van der Waals surface area contributed by atoms with Gasteiger partial charge >= 0.3 is 0 Å². The number of rotatable bonds is 4. The van der Waals surface area contributed by atoms with Gasteiger partial charge in [0.15, 0.2) is 0 Å². The molecule has 0 spiro atoms. The first-order valence-electron chi connectivity index (χ1n) is 6.53. The molecule has 0 aliphatic rings. The average molecular weight is 311 g/mol. The molecule has 8 heteroatoms. The van der Waals surface area contributed by atoms with Crippen LogP contribution in [0.4, 0.5) is 5.82 Å². The maximum Gasteiger partial charge on any atom is 0.140 e. The molecule has 0 saturated carbocycles. The van der Waals surface area contributed by atoms with Crippen LogP contribution in [0.1, 0.15) is 16.8 Å². The molecule has 0 amide bonds. The van der Waals surface area contributed by atoms with Gasteiger partial charge < -0.3 is 21.1 Å². The van der Waals surface area contributed by atoms with Crippen LogP contribution in [0.2, 0.25) is 0 Å². The summed E-state index contributed by atoms with van der Waals surface area (Å²) in [5.74, 6) is -0.419. The minimum atomic E-state index is -0.234. The number of nitrogen functional groups attached to an aromatic ring is 1. The average Bonchev–Trinajstić information content (AvgIpc) is 2.84. The van der Waals surface area contributed by atoms with E-state index in [1.54, 1.807) is 0 Å². The summed E-state index contributed by atoms with van der Waals surface area (Å²) in [5.41, 5.74) is 5.76. The van der Waals surface area contributed by atoms with Gasteiger partial charge in [-0.15, -0.1) is 0 Å². The Morgan fingerprint density at radius 2 is 1.96 bits per heavy atom. The van der Waals surface area contributed by atoms with Gasteiger partial charge in [0.05, 0.1) is 24.3 Å². The fraction of sp³-hybridized carbons (Fsp3) is 0.133. The van der Waals surface area contributed by atoms with Crippen molar-refractivity contribution in [3.63, 3.8) is 0 Å². The highest BCUT2D eigenvalue weighted by molar-refractivity contribution is 5.93. The number of aromatic nitrogens is 2. The maximum absolute atomic E-state index is 9.79. The molecule has 0 radical (unpaired) electrons. The molecule has 116 valence electrons. The molecule has 2 rings (SSSR count). The van der Waals surface area contributed by atoms with E-state index in [1.807, 2.05) is 12.1 Å². The third kappa shape index (κ3) is 2.93. The van der Waals surface area contributed by atoms with Gasteiger partial charge in [-0.2, -0.15) is 15.6 Å². The van der Waals surface area contributed by atoms with E-state index in [0.29, 0.717) is 0 Å². The Kier molecular flexibility index (Phi) is 4.50. The van der Waals surface area contributed by atoms with E-state index in [4.69, 9.17) is 10.8 Å². The molecular formula is C15H13N5O3. The number of aliphatic hydroxyl groups is 1. The van der Waals surface area contributed by atoms with Crippen LogP contribution in [0.3, 0.4) is 0 Å². The number of aromatic hydroxyl groups is 2. The molecule has 23 heavy (non-hydrogen) atoms. The Labute approximate surface area is 131 Å². The predicted molar refractivity (Wildman–Crippen MR) is 81.7 cm³/mol. The summed E-state index contributed by atoms with van der Waals surface area (Å²) in [6.45, 7) is -0.164. The van der Waals surface area contributed by atoms with Gasteiger partial charge in [-0.25, -0.2) is 4.68 Å². The van der Waals surface area contributed by atoms with E-state index in [1.165, 1.54) is 29.0 Å². The second kappa shape index (κ2) is 6.52. The molecule has 0 aliphatic heterocycles. The summed E-state index contributed by atoms with van der Waals surface area (Å²) < 4.78 is 1.21. The molecule has 8 nitrogen and oxygen atoms in total. The lowest BCUT2D eigenvalue weighted by Gasteiger charge is -2.03. The third-order valence-electron chi connectivity index (χ3n) is 3.14. The summed E-state index contributed by atoms with van der Waals surface area (Å²) in [4.78, 5) is 0. The predicted octanol–water partition coefficient (Wildman–Crippen LogP) is 0.805. The van der Waals surface area contributed by atoms with Gasteiger partial charge in [0.1, 0.15) is 40.7 Å². The summed E-state index contributed by atoms with van der Waals surface area (Å²) >= 11 is 0.